The molecule has 0 bridgehead atoms. The number of methoxy groups -OCH3 is 1. The molecule has 10 heteroatoms. The Morgan fingerprint density at radius 2 is 1.71 bits per heavy atom. The predicted molar refractivity (Wildman–Crippen MR) is 135 cm³/mol. The zero-order valence-corrected chi connectivity index (χ0v) is 20.9. The summed E-state index contributed by atoms with van der Waals surface area (Å²) in [6, 6.07) is 18.3. The number of hydrogen-bond donors (Lipinski definition) is 1. The molecule has 0 fully saturated rings. The van der Waals surface area contributed by atoms with Crippen LogP contribution in [0.5, 0.6) is 0 Å². The van der Waals surface area contributed by atoms with Gasteiger partial charge in [-0.1, -0.05) is 41.2 Å². The Labute approximate surface area is 206 Å². The lowest BCUT2D eigenvalue weighted by atomic mass is 10.2. The number of fused-ring (bicyclic) bond motifs is 1. The lowest BCUT2D eigenvalue weighted by Crippen LogP contribution is -2.22. The summed E-state index contributed by atoms with van der Waals surface area (Å²) in [5, 5.41) is 0. The van der Waals surface area contributed by atoms with Crippen LogP contribution < -0.4 is 9.52 Å². The fourth-order valence-corrected chi connectivity index (χ4v) is 5.59. The Kier molecular flexibility index (Phi) is 6.86. The number of nitrogens with zero attached hydrogens (tertiary/aromatic N) is 2. The summed E-state index contributed by atoms with van der Waals surface area (Å²) in [6.07, 6.45) is 0. The summed E-state index contributed by atoms with van der Waals surface area (Å²) in [5.41, 5.74) is 3.18. The third-order valence-electron chi connectivity index (χ3n) is 5.24. The highest BCUT2D eigenvalue weighted by Crippen LogP contribution is 2.21. The van der Waals surface area contributed by atoms with Crippen LogP contribution in [0.3, 0.4) is 0 Å². The third kappa shape index (κ3) is 5.50. The summed E-state index contributed by atoms with van der Waals surface area (Å²) in [4.78, 5) is 29.7. The smallest absolute Gasteiger partial charge is 0.325 e. The normalized spacial score (nSPS) is 12.0. The van der Waals surface area contributed by atoms with E-state index in [0.717, 1.165) is 21.3 Å². The van der Waals surface area contributed by atoms with Crippen LogP contribution in [-0.4, -0.2) is 32.0 Å². The first-order valence-electron chi connectivity index (χ1n) is 10.6. The number of aromatic nitrogens is 1. The van der Waals surface area contributed by atoms with Gasteiger partial charge in [0.1, 0.15) is 6.54 Å². The van der Waals surface area contributed by atoms with Crippen molar-refractivity contribution in [2.45, 2.75) is 25.3 Å². The van der Waals surface area contributed by atoms with Gasteiger partial charge in [-0.25, -0.2) is 8.42 Å². The molecule has 4 aromatic rings. The molecule has 0 spiro atoms. The lowest BCUT2D eigenvalue weighted by Gasteiger charge is -2.09. The highest BCUT2D eigenvalue weighted by Gasteiger charge is 2.16. The molecule has 0 saturated carbocycles. The zero-order valence-electron chi connectivity index (χ0n) is 19.3. The van der Waals surface area contributed by atoms with Gasteiger partial charge in [0.15, 0.2) is 4.80 Å². The van der Waals surface area contributed by atoms with Gasteiger partial charge in [0.05, 0.1) is 22.2 Å². The van der Waals surface area contributed by atoms with E-state index in [4.69, 9.17) is 4.74 Å². The predicted octanol–water partition coefficient (Wildman–Crippen LogP) is 4.03. The maximum atomic E-state index is 13.0. The number of ether oxygens (including phenoxy) is 1. The van der Waals surface area contributed by atoms with Crippen LogP contribution in [0.25, 0.3) is 10.2 Å². The van der Waals surface area contributed by atoms with E-state index in [-0.39, 0.29) is 22.7 Å². The highest BCUT2D eigenvalue weighted by atomic mass is 32.2. The van der Waals surface area contributed by atoms with E-state index < -0.39 is 21.9 Å². The third-order valence-corrected chi connectivity index (χ3v) is 7.68. The van der Waals surface area contributed by atoms with Gasteiger partial charge in [-0.3, -0.25) is 14.3 Å². The van der Waals surface area contributed by atoms with Gasteiger partial charge in [-0.05, 0) is 61.9 Å². The minimum absolute atomic E-state index is 0.0952. The number of rotatable bonds is 6. The molecule has 35 heavy (non-hydrogen) atoms. The number of sulfonamides is 1. The number of carbonyl (C=O) groups is 2. The molecule has 1 amide bonds. The first-order valence-corrected chi connectivity index (χ1v) is 12.9. The molecule has 1 aromatic heterocycles. The van der Waals surface area contributed by atoms with Crippen molar-refractivity contribution in [2.24, 2.45) is 4.99 Å². The molecule has 0 aliphatic heterocycles. The van der Waals surface area contributed by atoms with Crippen LogP contribution in [-0.2, 0) is 26.1 Å². The van der Waals surface area contributed by atoms with Crippen LogP contribution in [0.1, 0.15) is 21.5 Å². The number of nitrogens with one attached hydrogen (secondary N) is 1. The van der Waals surface area contributed by atoms with E-state index in [2.05, 4.69) is 9.71 Å². The van der Waals surface area contributed by atoms with Gasteiger partial charge in [0.2, 0.25) is 0 Å². The van der Waals surface area contributed by atoms with Crippen molar-refractivity contribution in [3.05, 3.63) is 88.2 Å². The monoisotopic (exact) mass is 509 g/mol. The largest absolute Gasteiger partial charge is 0.468 e. The van der Waals surface area contributed by atoms with Crippen molar-refractivity contribution >= 4 is 49.1 Å². The van der Waals surface area contributed by atoms with Gasteiger partial charge in [-0.2, -0.15) is 4.99 Å². The fourth-order valence-electron chi connectivity index (χ4n) is 3.41. The number of amides is 1. The molecule has 3 aromatic carbocycles. The molecule has 180 valence electrons. The summed E-state index contributed by atoms with van der Waals surface area (Å²) < 4.78 is 35.3. The second-order valence-electron chi connectivity index (χ2n) is 7.93. The topological polar surface area (TPSA) is 107 Å². The molecule has 4 rings (SSSR count). The Bertz CT molecular complexity index is 1600. The lowest BCUT2D eigenvalue weighted by molar-refractivity contribution is -0.141. The Balaban J connectivity index is 1.68. The average Bonchev–Trinajstić information content (AvgIpc) is 3.14. The van der Waals surface area contributed by atoms with Gasteiger partial charge in [0.25, 0.3) is 15.9 Å². The van der Waals surface area contributed by atoms with Crippen LogP contribution in [0, 0.1) is 13.8 Å². The summed E-state index contributed by atoms with van der Waals surface area (Å²) in [6.45, 7) is 3.73. The SMILES string of the molecule is COC(=O)Cn1c(=NC(=O)c2cccc(NS(=O)(=O)c3ccc(C)cc3)c2)sc2cc(C)ccc21. The van der Waals surface area contributed by atoms with E-state index in [0.29, 0.717) is 4.80 Å². The number of anilines is 1. The number of esters is 1. The maximum Gasteiger partial charge on any atom is 0.325 e. The van der Waals surface area contributed by atoms with Gasteiger partial charge >= 0.3 is 5.97 Å². The van der Waals surface area contributed by atoms with E-state index in [1.54, 1.807) is 34.9 Å². The summed E-state index contributed by atoms with van der Waals surface area (Å²) >= 11 is 1.28. The zero-order chi connectivity index (χ0) is 25.2. The minimum atomic E-state index is -3.82. The first-order chi connectivity index (χ1) is 16.7. The Morgan fingerprint density at radius 3 is 2.43 bits per heavy atom. The number of carbonyl (C=O) groups excluding carboxylic acids is 2. The summed E-state index contributed by atoms with van der Waals surface area (Å²) in [7, 11) is -2.52. The molecular formula is C25H23N3O5S2. The number of benzene rings is 3. The van der Waals surface area contributed by atoms with E-state index in [1.807, 2.05) is 32.0 Å². The van der Waals surface area contributed by atoms with Crippen molar-refractivity contribution in [3.63, 3.8) is 0 Å². The molecule has 1 heterocycles. The number of aryl methyl sites for hydroxylation is 2. The van der Waals surface area contributed by atoms with E-state index >= 15 is 0 Å². The molecule has 0 radical (unpaired) electrons. The fraction of sp³-hybridized carbons (Fsp3) is 0.160. The van der Waals surface area contributed by atoms with Crippen molar-refractivity contribution in [2.75, 3.05) is 11.8 Å². The Hall–Kier alpha value is -3.76. The quantitative estimate of drug-likeness (QED) is 0.395. The van der Waals surface area contributed by atoms with E-state index in [9.17, 15) is 18.0 Å². The van der Waals surface area contributed by atoms with Gasteiger partial charge < -0.3 is 9.30 Å². The first kappa shape index (κ1) is 24.4. The molecule has 1 N–H and O–H groups in total. The van der Waals surface area contributed by atoms with Crippen LogP contribution in [0.4, 0.5) is 5.69 Å². The van der Waals surface area contributed by atoms with Crippen LogP contribution in [0.15, 0.2) is 76.6 Å². The molecule has 0 atom stereocenters. The second kappa shape index (κ2) is 9.85. The van der Waals surface area contributed by atoms with Gasteiger partial charge in [-0.15, -0.1) is 0 Å². The van der Waals surface area contributed by atoms with E-state index in [1.165, 1.54) is 36.6 Å². The van der Waals surface area contributed by atoms with Crippen molar-refractivity contribution in [1.29, 1.82) is 0 Å². The van der Waals surface area contributed by atoms with Crippen LogP contribution in [0.2, 0.25) is 0 Å². The van der Waals surface area contributed by atoms with Gasteiger partial charge in [0, 0.05) is 11.3 Å². The van der Waals surface area contributed by atoms with Crippen molar-refractivity contribution < 1.29 is 22.7 Å². The maximum absolute atomic E-state index is 13.0. The molecule has 0 unspecified atom stereocenters. The second-order valence-corrected chi connectivity index (χ2v) is 10.6. The standard InChI is InChI=1S/C25H23N3O5S2/c1-16-7-10-20(11-8-16)35(31,32)27-19-6-4-5-18(14-19)24(30)26-25-28(15-23(29)33-3)21-12-9-17(2)13-22(21)34-25/h4-14,27H,15H2,1-3H3. The molecule has 0 aliphatic carbocycles. The summed E-state index contributed by atoms with van der Waals surface area (Å²) in [5.74, 6) is -1.03. The minimum Gasteiger partial charge on any atom is -0.468 e. The number of thiazole rings is 1. The van der Waals surface area contributed by atoms with Crippen molar-refractivity contribution in [1.82, 2.24) is 4.57 Å². The highest BCUT2D eigenvalue weighted by molar-refractivity contribution is 7.92. The molecule has 0 aliphatic rings. The molecule has 0 saturated heterocycles. The molecular weight excluding hydrogens is 486 g/mol. The average molecular weight is 510 g/mol. The Morgan fingerprint density at radius 1 is 1.00 bits per heavy atom. The van der Waals surface area contributed by atoms with Crippen LogP contribution >= 0.6 is 11.3 Å². The number of hydrogen-bond acceptors (Lipinski definition) is 6. The molecule has 8 nitrogen and oxygen atoms in total. The van der Waals surface area contributed by atoms with Crippen molar-refractivity contribution in [3.8, 4) is 0 Å².